The first-order valence-electron chi connectivity index (χ1n) is 8.34. The van der Waals surface area contributed by atoms with Crippen LogP contribution >= 0.6 is 34.5 Å². The van der Waals surface area contributed by atoms with E-state index in [0.717, 1.165) is 22.4 Å². The lowest BCUT2D eigenvalue weighted by Crippen LogP contribution is -2.12. The Morgan fingerprint density at radius 2 is 1.89 bits per heavy atom. The number of nitrogens with one attached hydrogen (secondary N) is 1. The highest BCUT2D eigenvalue weighted by molar-refractivity contribution is 7.17. The van der Waals surface area contributed by atoms with E-state index in [0.29, 0.717) is 15.6 Å². The summed E-state index contributed by atoms with van der Waals surface area (Å²) in [7, 11) is 0. The SMILES string of the molecule is CCc1ccc(-c2c(C)sc(NC(=O)c3cccc(Cl)c3Cl)c2C#N)cc1. The Kier molecular flexibility index (Phi) is 5.86. The highest BCUT2D eigenvalue weighted by Crippen LogP contribution is 2.40. The van der Waals surface area contributed by atoms with E-state index >= 15 is 0 Å². The van der Waals surface area contributed by atoms with Crippen LogP contribution < -0.4 is 5.32 Å². The molecule has 0 aliphatic carbocycles. The molecular formula is C21H16Cl2N2OS. The van der Waals surface area contributed by atoms with Crippen molar-refractivity contribution in [3.05, 3.63) is 74.1 Å². The number of aryl methyl sites for hydroxylation is 2. The average Bonchev–Trinajstić information content (AvgIpc) is 2.98. The quantitative estimate of drug-likeness (QED) is 0.514. The monoisotopic (exact) mass is 414 g/mol. The van der Waals surface area contributed by atoms with Gasteiger partial charge in [-0.15, -0.1) is 11.3 Å². The van der Waals surface area contributed by atoms with Crippen molar-refractivity contribution < 1.29 is 4.79 Å². The van der Waals surface area contributed by atoms with Gasteiger partial charge in [-0.25, -0.2) is 0 Å². The Hall–Kier alpha value is -2.32. The van der Waals surface area contributed by atoms with Crippen molar-refractivity contribution >= 4 is 45.4 Å². The molecule has 3 rings (SSSR count). The minimum Gasteiger partial charge on any atom is -0.312 e. The third-order valence-electron chi connectivity index (χ3n) is 4.27. The molecule has 1 amide bonds. The summed E-state index contributed by atoms with van der Waals surface area (Å²) in [5.74, 6) is -0.395. The van der Waals surface area contributed by atoms with Gasteiger partial charge in [0.25, 0.3) is 5.91 Å². The van der Waals surface area contributed by atoms with E-state index in [4.69, 9.17) is 23.2 Å². The highest BCUT2D eigenvalue weighted by atomic mass is 35.5. The highest BCUT2D eigenvalue weighted by Gasteiger charge is 2.20. The topological polar surface area (TPSA) is 52.9 Å². The van der Waals surface area contributed by atoms with Crippen LogP contribution in [0.5, 0.6) is 0 Å². The van der Waals surface area contributed by atoms with Gasteiger partial charge in [0.15, 0.2) is 0 Å². The third kappa shape index (κ3) is 3.86. The number of carbonyl (C=O) groups excluding carboxylic acids is 1. The maximum atomic E-state index is 12.6. The Bertz CT molecular complexity index is 1050. The number of benzene rings is 2. The summed E-state index contributed by atoms with van der Waals surface area (Å²) in [4.78, 5) is 13.6. The maximum absolute atomic E-state index is 12.6. The molecule has 0 unspecified atom stereocenters. The number of nitrogens with zero attached hydrogens (tertiary/aromatic N) is 1. The molecule has 136 valence electrons. The van der Waals surface area contributed by atoms with E-state index < -0.39 is 5.91 Å². The maximum Gasteiger partial charge on any atom is 0.257 e. The lowest BCUT2D eigenvalue weighted by Gasteiger charge is -2.07. The number of halogens is 2. The fraction of sp³-hybridized carbons (Fsp3) is 0.143. The zero-order chi connectivity index (χ0) is 19.6. The average molecular weight is 415 g/mol. The first kappa shape index (κ1) is 19.4. The Labute approximate surface area is 172 Å². The molecule has 27 heavy (non-hydrogen) atoms. The number of thiophene rings is 1. The molecule has 0 aliphatic rings. The van der Waals surface area contributed by atoms with Gasteiger partial charge >= 0.3 is 0 Å². The second-order valence-corrected chi connectivity index (χ2v) is 7.97. The van der Waals surface area contributed by atoms with Gasteiger partial charge in [-0.2, -0.15) is 5.26 Å². The Morgan fingerprint density at radius 1 is 1.19 bits per heavy atom. The summed E-state index contributed by atoms with van der Waals surface area (Å²) < 4.78 is 0. The smallest absolute Gasteiger partial charge is 0.257 e. The minimum atomic E-state index is -0.395. The molecule has 0 aliphatic heterocycles. The second kappa shape index (κ2) is 8.14. The predicted octanol–water partition coefficient (Wildman–Crippen LogP) is 6.72. The molecule has 2 aromatic carbocycles. The van der Waals surface area contributed by atoms with Gasteiger partial charge in [0, 0.05) is 10.4 Å². The van der Waals surface area contributed by atoms with Gasteiger partial charge < -0.3 is 5.32 Å². The first-order chi connectivity index (χ1) is 13.0. The Morgan fingerprint density at radius 3 is 2.52 bits per heavy atom. The minimum absolute atomic E-state index is 0.193. The van der Waals surface area contributed by atoms with E-state index in [1.807, 2.05) is 19.1 Å². The zero-order valence-electron chi connectivity index (χ0n) is 14.8. The van der Waals surface area contributed by atoms with Crippen molar-refractivity contribution in [3.63, 3.8) is 0 Å². The van der Waals surface area contributed by atoms with Crippen LogP contribution in [0.4, 0.5) is 5.00 Å². The van der Waals surface area contributed by atoms with Gasteiger partial charge in [-0.1, -0.05) is 60.5 Å². The number of carbonyl (C=O) groups is 1. The summed E-state index contributed by atoms with van der Waals surface area (Å²) >= 11 is 13.5. The lowest BCUT2D eigenvalue weighted by molar-refractivity contribution is 0.102. The van der Waals surface area contributed by atoms with Gasteiger partial charge in [0.1, 0.15) is 11.1 Å². The van der Waals surface area contributed by atoms with Gasteiger partial charge in [0.2, 0.25) is 0 Å². The number of amides is 1. The molecule has 0 saturated heterocycles. The molecule has 0 spiro atoms. The fourth-order valence-corrected chi connectivity index (χ4v) is 4.25. The summed E-state index contributed by atoms with van der Waals surface area (Å²) in [6.45, 7) is 4.04. The van der Waals surface area contributed by atoms with Crippen molar-refractivity contribution in [2.75, 3.05) is 5.32 Å². The van der Waals surface area contributed by atoms with Crippen molar-refractivity contribution in [2.24, 2.45) is 0 Å². The van der Waals surface area contributed by atoms with Crippen LogP contribution in [-0.4, -0.2) is 5.91 Å². The normalized spacial score (nSPS) is 10.5. The Balaban J connectivity index is 1.99. The van der Waals surface area contributed by atoms with Crippen molar-refractivity contribution in [3.8, 4) is 17.2 Å². The number of hydrogen-bond acceptors (Lipinski definition) is 3. The summed E-state index contributed by atoms with van der Waals surface area (Å²) in [5.41, 5.74) is 3.76. The van der Waals surface area contributed by atoms with Crippen molar-refractivity contribution in [1.29, 1.82) is 5.26 Å². The van der Waals surface area contributed by atoms with E-state index in [1.54, 1.807) is 18.2 Å². The van der Waals surface area contributed by atoms with Gasteiger partial charge in [-0.3, -0.25) is 4.79 Å². The van der Waals surface area contributed by atoms with E-state index in [1.165, 1.54) is 16.9 Å². The van der Waals surface area contributed by atoms with Crippen LogP contribution in [0.2, 0.25) is 10.0 Å². The molecule has 0 radical (unpaired) electrons. The molecule has 1 aromatic heterocycles. The van der Waals surface area contributed by atoms with Crippen LogP contribution in [0.25, 0.3) is 11.1 Å². The zero-order valence-corrected chi connectivity index (χ0v) is 17.1. The fourth-order valence-electron chi connectivity index (χ4n) is 2.84. The standard InChI is InChI=1S/C21H16Cl2N2OS/c1-3-13-7-9-14(10-8-13)18-12(2)27-21(16(18)11-24)25-20(26)15-5-4-6-17(22)19(15)23/h4-10H,3H2,1-2H3,(H,25,26). The second-order valence-electron chi connectivity index (χ2n) is 5.96. The molecule has 3 nitrogen and oxygen atoms in total. The van der Waals surface area contributed by atoms with Crippen LogP contribution in [0.3, 0.4) is 0 Å². The van der Waals surface area contributed by atoms with Crippen LogP contribution in [0.15, 0.2) is 42.5 Å². The number of nitriles is 1. The van der Waals surface area contributed by atoms with E-state index in [9.17, 15) is 10.1 Å². The molecule has 1 heterocycles. The molecule has 0 atom stereocenters. The summed E-state index contributed by atoms with van der Waals surface area (Å²) in [5, 5.41) is 13.5. The molecule has 0 saturated carbocycles. The number of rotatable bonds is 4. The molecule has 0 bridgehead atoms. The van der Waals surface area contributed by atoms with Crippen LogP contribution in [-0.2, 0) is 6.42 Å². The molecular weight excluding hydrogens is 399 g/mol. The summed E-state index contributed by atoms with van der Waals surface area (Å²) in [6, 6.07) is 15.2. The third-order valence-corrected chi connectivity index (χ3v) is 6.11. The molecule has 6 heteroatoms. The van der Waals surface area contributed by atoms with Gasteiger partial charge in [-0.05, 0) is 36.6 Å². The first-order valence-corrected chi connectivity index (χ1v) is 9.91. The molecule has 0 fully saturated rings. The van der Waals surface area contributed by atoms with Crippen molar-refractivity contribution in [2.45, 2.75) is 20.3 Å². The van der Waals surface area contributed by atoms with Gasteiger partial charge in [0.05, 0.1) is 21.2 Å². The van der Waals surface area contributed by atoms with E-state index in [-0.39, 0.29) is 10.6 Å². The number of hydrogen-bond donors (Lipinski definition) is 1. The van der Waals surface area contributed by atoms with Crippen LogP contribution in [0, 0.1) is 18.3 Å². The largest absolute Gasteiger partial charge is 0.312 e. The van der Waals surface area contributed by atoms with Crippen molar-refractivity contribution in [1.82, 2.24) is 0 Å². The predicted molar refractivity (Wildman–Crippen MR) is 113 cm³/mol. The lowest BCUT2D eigenvalue weighted by atomic mass is 10.00. The molecule has 3 aromatic rings. The molecule has 1 N–H and O–H groups in total. The summed E-state index contributed by atoms with van der Waals surface area (Å²) in [6.07, 6.45) is 0.954. The van der Waals surface area contributed by atoms with Crippen LogP contribution in [0.1, 0.15) is 33.3 Å². The van der Waals surface area contributed by atoms with E-state index in [2.05, 4.69) is 30.4 Å². The number of anilines is 1.